The number of hydrogen-bond donors (Lipinski definition) is 0. The molecule has 1 aliphatic heterocycles. The zero-order valence-electron chi connectivity index (χ0n) is 43.1. The van der Waals surface area contributed by atoms with Crippen molar-refractivity contribution >= 4 is 6.16 Å². The van der Waals surface area contributed by atoms with Crippen molar-refractivity contribution in [2.75, 3.05) is 72.5 Å². The van der Waals surface area contributed by atoms with Crippen molar-refractivity contribution in [1.29, 1.82) is 0 Å². The fourth-order valence-corrected chi connectivity index (χ4v) is 13.4. The molecule has 9 atom stereocenters. The molecule has 2 unspecified atom stereocenters. The zero-order chi connectivity index (χ0) is 46.2. The van der Waals surface area contributed by atoms with Crippen LogP contribution in [0.25, 0.3) is 0 Å². The van der Waals surface area contributed by atoms with Gasteiger partial charge >= 0.3 is 6.16 Å². The van der Waals surface area contributed by atoms with Crippen LogP contribution in [-0.4, -0.2) is 95.8 Å². The molecule has 8 heteroatoms. The molecular weight excluding hydrogens is 811 g/mol. The Kier molecular flexibility index (Phi) is 25.3. The number of carbonyl (C=O) groups excluding carboxylic acids is 1. The van der Waals surface area contributed by atoms with Crippen LogP contribution >= 0.6 is 0 Å². The average molecular weight is 912 g/mol. The van der Waals surface area contributed by atoms with E-state index in [4.69, 9.17) is 28.4 Å². The van der Waals surface area contributed by atoms with E-state index < -0.39 is 6.16 Å². The summed E-state index contributed by atoms with van der Waals surface area (Å²) in [7, 11) is 0. The Morgan fingerprint density at radius 1 is 0.769 bits per heavy atom. The van der Waals surface area contributed by atoms with Crippen molar-refractivity contribution in [2.45, 2.75) is 214 Å². The lowest BCUT2D eigenvalue weighted by Gasteiger charge is -2.58. The molecule has 0 aromatic heterocycles. The highest BCUT2D eigenvalue weighted by Gasteiger charge is 2.59. The molecular formula is C57H101NO7. The molecule has 1 heterocycles. The summed E-state index contributed by atoms with van der Waals surface area (Å²) in [5.74, 6) is 4.97. The third-order valence-corrected chi connectivity index (χ3v) is 17.2. The number of ether oxygens (including phenoxy) is 6. The minimum Gasteiger partial charge on any atom is -0.432 e. The first-order valence-corrected chi connectivity index (χ1v) is 27.9. The van der Waals surface area contributed by atoms with Crippen LogP contribution in [0, 0.1) is 46.3 Å². The molecule has 376 valence electrons. The molecule has 5 aliphatic rings. The van der Waals surface area contributed by atoms with Gasteiger partial charge in [-0.25, -0.2) is 4.79 Å². The van der Waals surface area contributed by atoms with Crippen molar-refractivity contribution in [2.24, 2.45) is 46.3 Å². The number of morpholine rings is 1. The normalized spacial score (nSPS) is 29.0. The maximum Gasteiger partial charge on any atom is 0.508 e. The molecule has 0 aromatic carbocycles. The highest BCUT2D eigenvalue weighted by molar-refractivity contribution is 5.60. The van der Waals surface area contributed by atoms with E-state index in [1.165, 1.54) is 135 Å². The van der Waals surface area contributed by atoms with Gasteiger partial charge in [0.15, 0.2) is 0 Å². The molecule has 8 nitrogen and oxygen atoms in total. The Balaban J connectivity index is 0.899. The van der Waals surface area contributed by atoms with Gasteiger partial charge in [-0.05, 0) is 123 Å². The minimum atomic E-state index is -0.565. The van der Waals surface area contributed by atoms with Gasteiger partial charge in [0.25, 0.3) is 0 Å². The second-order valence-corrected chi connectivity index (χ2v) is 22.4. The first-order valence-electron chi connectivity index (χ1n) is 27.9. The predicted molar refractivity (Wildman–Crippen MR) is 267 cm³/mol. The second kappa shape index (κ2) is 30.2. The third-order valence-electron chi connectivity index (χ3n) is 17.2. The average Bonchev–Trinajstić information content (AvgIpc) is 3.66. The topological polar surface area (TPSA) is 75.7 Å². The predicted octanol–water partition coefficient (Wildman–Crippen LogP) is 14.3. The maximum absolute atomic E-state index is 12.8. The number of rotatable bonds is 33. The van der Waals surface area contributed by atoms with Gasteiger partial charge in [-0.3, -0.25) is 4.90 Å². The van der Waals surface area contributed by atoms with Crippen LogP contribution in [0.3, 0.4) is 0 Å². The monoisotopic (exact) mass is 912 g/mol. The fraction of sp³-hybridized carbons (Fsp3) is 0.912. The van der Waals surface area contributed by atoms with Gasteiger partial charge in [0.1, 0.15) is 12.7 Å². The number of hydrogen-bond acceptors (Lipinski definition) is 8. The molecule has 4 fully saturated rings. The van der Waals surface area contributed by atoms with E-state index in [0.29, 0.717) is 31.8 Å². The van der Waals surface area contributed by atoms with Crippen molar-refractivity contribution in [3.8, 4) is 0 Å². The largest absolute Gasteiger partial charge is 0.508 e. The summed E-state index contributed by atoms with van der Waals surface area (Å²) in [5.41, 5.74) is 2.29. The Hall–Kier alpha value is -1.45. The second-order valence-electron chi connectivity index (χ2n) is 22.4. The van der Waals surface area contributed by atoms with Gasteiger partial charge in [0, 0.05) is 32.7 Å². The van der Waals surface area contributed by atoms with Crippen LogP contribution < -0.4 is 0 Å². The molecule has 1 saturated heterocycles. The first-order chi connectivity index (χ1) is 31.6. The summed E-state index contributed by atoms with van der Waals surface area (Å²) in [6, 6.07) is 0. The van der Waals surface area contributed by atoms with Gasteiger partial charge in [-0.15, -0.1) is 0 Å². The number of allylic oxidation sites excluding steroid dienone is 3. The van der Waals surface area contributed by atoms with Gasteiger partial charge in [0.2, 0.25) is 0 Å². The van der Waals surface area contributed by atoms with Crippen LogP contribution in [0.4, 0.5) is 4.79 Å². The Bertz CT molecular complexity index is 1350. The number of fused-ring (bicyclic) bond motifs is 5. The lowest BCUT2D eigenvalue weighted by atomic mass is 9.47. The Morgan fingerprint density at radius 2 is 1.48 bits per heavy atom. The van der Waals surface area contributed by atoms with Gasteiger partial charge in [-0.2, -0.15) is 0 Å². The molecule has 5 rings (SSSR count). The van der Waals surface area contributed by atoms with Crippen LogP contribution in [0.2, 0.25) is 0 Å². The van der Waals surface area contributed by atoms with E-state index >= 15 is 0 Å². The number of nitrogens with zero attached hydrogens (tertiary/aromatic N) is 1. The van der Waals surface area contributed by atoms with Crippen LogP contribution in [-0.2, 0) is 28.4 Å². The number of carbonyl (C=O) groups is 1. The summed E-state index contributed by atoms with van der Waals surface area (Å²) < 4.78 is 35.2. The van der Waals surface area contributed by atoms with Gasteiger partial charge < -0.3 is 28.4 Å². The highest BCUT2D eigenvalue weighted by atomic mass is 16.7. The van der Waals surface area contributed by atoms with Gasteiger partial charge in [-0.1, -0.05) is 142 Å². The summed E-state index contributed by atoms with van der Waals surface area (Å²) in [4.78, 5) is 15.2. The van der Waals surface area contributed by atoms with E-state index in [-0.39, 0.29) is 24.2 Å². The van der Waals surface area contributed by atoms with Gasteiger partial charge in [0.05, 0.1) is 45.7 Å². The van der Waals surface area contributed by atoms with E-state index in [1.807, 2.05) is 0 Å². The lowest BCUT2D eigenvalue weighted by molar-refractivity contribution is -0.0679. The van der Waals surface area contributed by atoms with Crippen LogP contribution in [0.1, 0.15) is 202 Å². The minimum absolute atomic E-state index is 0.00832. The number of unbranched alkanes of at least 4 members (excludes halogenated alkanes) is 12. The molecule has 0 aromatic rings. The smallest absolute Gasteiger partial charge is 0.432 e. The molecule has 65 heavy (non-hydrogen) atoms. The highest BCUT2D eigenvalue weighted by Crippen LogP contribution is 2.67. The summed E-state index contributed by atoms with van der Waals surface area (Å²) in [5, 5.41) is 0. The SMILES string of the molecule is CCCCCCCCC=CCCCCCCCCOCC(CN1CCOCC1)OCCOCCOC(=O)O[C@H]1CC[C@@]2(C)C(=CC[C@@H]3C2CC[C@]2(C)[C@H]([C@H](C)CCCC(C)C)CC[C@@H]32)C1. The van der Waals surface area contributed by atoms with Crippen LogP contribution in [0.5, 0.6) is 0 Å². The zero-order valence-corrected chi connectivity index (χ0v) is 43.1. The Labute approximate surface area is 399 Å². The van der Waals surface area contributed by atoms with Crippen LogP contribution in [0.15, 0.2) is 23.8 Å². The van der Waals surface area contributed by atoms with Crippen molar-refractivity contribution in [3.05, 3.63) is 23.8 Å². The molecule has 3 saturated carbocycles. The first kappa shape index (κ1) is 54.5. The quantitative estimate of drug-likeness (QED) is 0.0366. The van der Waals surface area contributed by atoms with E-state index in [0.717, 1.165) is 101 Å². The molecule has 0 radical (unpaired) electrons. The van der Waals surface area contributed by atoms with E-state index in [9.17, 15) is 4.79 Å². The van der Waals surface area contributed by atoms with E-state index in [1.54, 1.807) is 5.57 Å². The summed E-state index contributed by atoms with van der Waals surface area (Å²) in [6.07, 6.45) is 38.9. The lowest BCUT2D eigenvalue weighted by Crippen LogP contribution is -2.51. The maximum atomic E-state index is 12.8. The van der Waals surface area contributed by atoms with Crippen molar-refractivity contribution in [1.82, 2.24) is 4.90 Å². The fourth-order valence-electron chi connectivity index (χ4n) is 13.4. The molecule has 4 aliphatic carbocycles. The summed E-state index contributed by atoms with van der Waals surface area (Å²) >= 11 is 0. The standard InChI is InChI=1S/C57H101NO7/c1-7-8-9-10-11-12-13-14-15-16-17-18-19-20-21-22-36-62-45-50(44-58-34-37-60-38-35-58)63-41-39-61-40-42-64-55(59)65-49-30-32-56(5)48(43-49)26-27-51-53-29-28-52(47(4)25-23-24-46(2)3)57(53,6)33-31-54(51)56/h14-15,26,46-47,49-54H,7-13,16-25,27-45H2,1-6H3/t47-,49+,50?,51+,52+,53+,54?,56+,57-/m1/s1. The molecule has 0 N–H and O–H groups in total. The summed E-state index contributed by atoms with van der Waals surface area (Å²) in [6.45, 7) is 21.9. The Morgan fingerprint density at radius 3 is 2.22 bits per heavy atom. The molecule has 0 amide bonds. The van der Waals surface area contributed by atoms with Crippen molar-refractivity contribution in [3.63, 3.8) is 0 Å². The molecule has 0 bridgehead atoms. The van der Waals surface area contributed by atoms with Crippen molar-refractivity contribution < 1.29 is 33.2 Å². The molecule has 0 spiro atoms. The van der Waals surface area contributed by atoms with E-state index in [2.05, 4.69) is 64.7 Å². The third kappa shape index (κ3) is 18.1.